The summed E-state index contributed by atoms with van der Waals surface area (Å²) < 4.78 is 37.5. The van der Waals surface area contributed by atoms with Crippen molar-refractivity contribution in [1.29, 1.82) is 0 Å². The zero-order valence-corrected chi connectivity index (χ0v) is 29.8. The standard InChI is InChI=1S/C21H29FN2O3.C16H23FN2O2/c1-14-12-24(19(26)27-20(2,3)4)17(15-6-8-16(22)9-7-15)13-23(14)18(25)21(5)10-11-21;1-11-10-19(15(20)21-16(2,3)4)14(9-18-11)12-5-7-13(17)8-6-12/h6-9,14,17H,10-13H2,1-5H3;5-8,11,14,18H,9-10H2,1-4H3/t14-,17-;11-,14-/m11/s1. The van der Waals surface area contributed by atoms with Gasteiger partial charge in [0.25, 0.3) is 0 Å². The summed E-state index contributed by atoms with van der Waals surface area (Å²) in [7, 11) is 0. The molecule has 0 spiro atoms. The van der Waals surface area contributed by atoms with Crippen LogP contribution in [0.5, 0.6) is 0 Å². The molecule has 0 radical (unpaired) electrons. The van der Waals surface area contributed by atoms with Crippen molar-refractivity contribution in [1.82, 2.24) is 20.0 Å². The number of benzene rings is 2. The van der Waals surface area contributed by atoms with Gasteiger partial charge in [-0.25, -0.2) is 18.4 Å². The Morgan fingerprint density at radius 3 is 1.58 bits per heavy atom. The minimum atomic E-state index is -0.609. The van der Waals surface area contributed by atoms with Crippen LogP contribution in [-0.2, 0) is 14.3 Å². The molecule has 264 valence electrons. The number of ether oxygens (including phenoxy) is 2. The molecule has 2 aromatic carbocycles. The predicted octanol–water partition coefficient (Wildman–Crippen LogP) is 7.23. The summed E-state index contributed by atoms with van der Waals surface area (Å²) in [5, 5.41) is 3.35. The summed E-state index contributed by atoms with van der Waals surface area (Å²) in [6.07, 6.45) is 1.08. The maximum atomic E-state index is 13.4. The summed E-state index contributed by atoms with van der Waals surface area (Å²) >= 11 is 0. The lowest BCUT2D eigenvalue weighted by atomic mass is 9.97. The number of nitrogens with one attached hydrogen (secondary N) is 1. The minimum absolute atomic E-state index is 0.0980. The van der Waals surface area contributed by atoms with Crippen molar-refractivity contribution < 1.29 is 32.6 Å². The van der Waals surface area contributed by atoms with Crippen LogP contribution in [0, 0.1) is 17.0 Å². The van der Waals surface area contributed by atoms with E-state index in [9.17, 15) is 23.2 Å². The smallest absolute Gasteiger partial charge is 0.410 e. The number of piperazine rings is 2. The number of nitrogens with zero attached hydrogens (tertiary/aromatic N) is 3. The molecule has 3 fully saturated rings. The van der Waals surface area contributed by atoms with Crippen LogP contribution in [-0.4, -0.2) is 82.3 Å². The van der Waals surface area contributed by atoms with E-state index in [0.29, 0.717) is 26.2 Å². The largest absolute Gasteiger partial charge is 0.444 e. The van der Waals surface area contributed by atoms with Gasteiger partial charge in [-0.2, -0.15) is 0 Å². The normalized spacial score (nSPS) is 23.9. The van der Waals surface area contributed by atoms with E-state index >= 15 is 0 Å². The van der Waals surface area contributed by atoms with Crippen LogP contribution in [0.15, 0.2) is 48.5 Å². The van der Waals surface area contributed by atoms with Crippen LogP contribution < -0.4 is 5.32 Å². The lowest BCUT2D eigenvalue weighted by Gasteiger charge is -2.46. The third-order valence-electron chi connectivity index (χ3n) is 8.79. The zero-order chi connectivity index (χ0) is 35.6. The summed E-state index contributed by atoms with van der Waals surface area (Å²) in [6.45, 7) is 19.0. The molecule has 1 saturated carbocycles. The zero-order valence-electron chi connectivity index (χ0n) is 29.8. The highest BCUT2D eigenvalue weighted by Crippen LogP contribution is 2.47. The monoisotopic (exact) mass is 670 g/mol. The molecule has 3 amide bonds. The number of hydrogen-bond acceptors (Lipinski definition) is 6. The Morgan fingerprint density at radius 1 is 0.708 bits per heavy atom. The van der Waals surface area contributed by atoms with Gasteiger partial charge in [-0.15, -0.1) is 0 Å². The van der Waals surface area contributed by atoms with Gasteiger partial charge >= 0.3 is 12.2 Å². The number of carbonyl (C=O) groups is 3. The Balaban J connectivity index is 0.000000224. The first-order valence-electron chi connectivity index (χ1n) is 16.8. The number of hydrogen-bond donors (Lipinski definition) is 1. The van der Waals surface area contributed by atoms with Gasteiger partial charge in [0.1, 0.15) is 22.8 Å². The molecule has 2 heterocycles. The van der Waals surface area contributed by atoms with Gasteiger partial charge in [0.05, 0.1) is 12.1 Å². The molecule has 9 nitrogen and oxygen atoms in total. The SMILES string of the molecule is C[C@@H]1CN(C(=O)OC(C)(C)C)[C@@H](c2ccc(F)cc2)CN1.C[C@@H]1CN(C(=O)OC(C)(C)C)[C@@H](c2ccc(F)cc2)CN1C(=O)C1(C)CC1. The first-order valence-corrected chi connectivity index (χ1v) is 16.8. The van der Waals surface area contributed by atoms with Crippen molar-refractivity contribution in [3.63, 3.8) is 0 Å². The molecule has 3 aliphatic rings. The average molecular weight is 671 g/mol. The molecule has 4 atom stereocenters. The molecule has 1 aliphatic carbocycles. The van der Waals surface area contributed by atoms with E-state index in [0.717, 1.165) is 24.0 Å². The van der Waals surface area contributed by atoms with E-state index < -0.39 is 17.3 Å². The number of rotatable bonds is 3. The molecule has 0 aromatic heterocycles. The van der Waals surface area contributed by atoms with E-state index in [1.807, 2.05) is 67.2 Å². The summed E-state index contributed by atoms with van der Waals surface area (Å²) in [5.41, 5.74) is 0.297. The highest BCUT2D eigenvalue weighted by Gasteiger charge is 2.50. The van der Waals surface area contributed by atoms with Gasteiger partial charge in [-0.3, -0.25) is 14.6 Å². The lowest BCUT2D eigenvalue weighted by molar-refractivity contribution is -0.142. The third-order valence-corrected chi connectivity index (χ3v) is 8.79. The van der Waals surface area contributed by atoms with Crippen molar-refractivity contribution in [3.05, 3.63) is 71.3 Å². The number of carbonyl (C=O) groups excluding carboxylic acids is 3. The number of amides is 3. The second kappa shape index (κ2) is 14.4. The summed E-state index contributed by atoms with van der Waals surface area (Å²) in [4.78, 5) is 43.5. The average Bonchev–Trinajstić information content (AvgIpc) is 3.74. The minimum Gasteiger partial charge on any atom is -0.444 e. The van der Waals surface area contributed by atoms with E-state index in [-0.39, 0.29) is 53.2 Å². The molecule has 48 heavy (non-hydrogen) atoms. The molecular weight excluding hydrogens is 618 g/mol. The maximum absolute atomic E-state index is 13.4. The molecule has 11 heteroatoms. The summed E-state index contributed by atoms with van der Waals surface area (Å²) in [6, 6.07) is 12.0. The van der Waals surface area contributed by atoms with Crippen molar-refractivity contribution in [2.45, 2.75) is 111 Å². The van der Waals surface area contributed by atoms with Crippen LogP contribution in [0.3, 0.4) is 0 Å². The van der Waals surface area contributed by atoms with Gasteiger partial charge in [0.2, 0.25) is 5.91 Å². The van der Waals surface area contributed by atoms with E-state index in [4.69, 9.17) is 9.47 Å². The van der Waals surface area contributed by atoms with Crippen LogP contribution in [0.4, 0.5) is 18.4 Å². The highest BCUT2D eigenvalue weighted by atomic mass is 19.1. The highest BCUT2D eigenvalue weighted by molar-refractivity contribution is 5.85. The lowest BCUT2D eigenvalue weighted by Crippen LogP contribution is -2.58. The topological polar surface area (TPSA) is 91.4 Å². The van der Waals surface area contributed by atoms with Gasteiger partial charge in [-0.05, 0) is 104 Å². The molecule has 2 saturated heterocycles. The van der Waals surface area contributed by atoms with Crippen LogP contribution in [0.25, 0.3) is 0 Å². The van der Waals surface area contributed by atoms with Gasteiger partial charge in [0, 0.05) is 43.7 Å². The molecule has 1 N–H and O–H groups in total. The first-order chi connectivity index (χ1) is 22.3. The van der Waals surface area contributed by atoms with Crippen molar-refractivity contribution >= 4 is 18.1 Å². The molecular formula is C37H52F2N4O5. The fraction of sp³-hybridized carbons (Fsp3) is 0.595. The molecule has 2 aromatic rings. The third kappa shape index (κ3) is 9.67. The van der Waals surface area contributed by atoms with E-state index in [1.54, 1.807) is 34.1 Å². The van der Waals surface area contributed by atoms with Crippen LogP contribution in [0.1, 0.15) is 98.4 Å². The first kappa shape index (κ1) is 37.1. The Morgan fingerprint density at radius 2 is 1.15 bits per heavy atom. The fourth-order valence-electron chi connectivity index (χ4n) is 5.91. The Hall–Kier alpha value is -3.73. The van der Waals surface area contributed by atoms with Crippen LogP contribution in [0.2, 0.25) is 0 Å². The maximum Gasteiger partial charge on any atom is 0.410 e. The second-order valence-electron chi connectivity index (χ2n) is 15.6. The van der Waals surface area contributed by atoms with Crippen molar-refractivity contribution in [3.8, 4) is 0 Å². The Kier molecular flexibility index (Phi) is 11.1. The molecule has 5 rings (SSSR count). The van der Waals surface area contributed by atoms with E-state index in [1.165, 1.54) is 24.3 Å². The molecule has 2 aliphatic heterocycles. The molecule has 0 bridgehead atoms. The number of halogens is 2. The van der Waals surface area contributed by atoms with Gasteiger partial charge in [0.15, 0.2) is 0 Å². The fourth-order valence-corrected chi connectivity index (χ4v) is 5.91. The van der Waals surface area contributed by atoms with Crippen molar-refractivity contribution in [2.75, 3.05) is 26.2 Å². The summed E-state index contributed by atoms with van der Waals surface area (Å²) in [5.74, 6) is -0.462. The Bertz CT molecular complexity index is 1430. The quantitative estimate of drug-likeness (QED) is 0.371. The van der Waals surface area contributed by atoms with Gasteiger partial charge < -0.3 is 19.7 Å². The van der Waals surface area contributed by atoms with E-state index in [2.05, 4.69) is 5.32 Å². The molecule has 0 unspecified atom stereocenters. The predicted molar refractivity (Wildman–Crippen MR) is 180 cm³/mol. The second-order valence-corrected chi connectivity index (χ2v) is 15.6. The van der Waals surface area contributed by atoms with Crippen LogP contribution >= 0.6 is 0 Å². The van der Waals surface area contributed by atoms with Gasteiger partial charge in [-0.1, -0.05) is 31.2 Å². The van der Waals surface area contributed by atoms with Crippen molar-refractivity contribution in [2.24, 2.45) is 5.41 Å². The Labute approximate surface area is 283 Å².